The number of ether oxygens (including phenoxy) is 1. The molecule has 40 heavy (non-hydrogen) atoms. The summed E-state index contributed by atoms with van der Waals surface area (Å²) in [4.78, 5) is 36.0. The van der Waals surface area contributed by atoms with Crippen LogP contribution in [0, 0.1) is 12.7 Å². The summed E-state index contributed by atoms with van der Waals surface area (Å²) in [6.07, 6.45) is 3.53. The molecule has 11 heteroatoms. The van der Waals surface area contributed by atoms with E-state index in [1.54, 1.807) is 12.3 Å². The van der Waals surface area contributed by atoms with Crippen molar-refractivity contribution in [1.29, 1.82) is 0 Å². The molecule has 1 unspecified atom stereocenters. The first-order chi connectivity index (χ1) is 19.3. The standard InChI is InChI=1S/C29H27FN6O3S/c1-16-4-6-18(7-5-16)12-22-28(38)36-29(40-22)31-27(32-36)20-14-35-17(2)15-39-26-23(35)19(25(20)37)13-21(30)24(26)34-10-8-33(3)9-11-34/h4-7,12-14,17H,8-11,15H2,1-3H3/b22-12+. The minimum absolute atomic E-state index is 0.102. The number of rotatable bonds is 3. The van der Waals surface area contributed by atoms with E-state index < -0.39 is 11.2 Å². The van der Waals surface area contributed by atoms with E-state index in [9.17, 15) is 9.59 Å². The van der Waals surface area contributed by atoms with Crippen molar-refractivity contribution in [1.82, 2.24) is 24.1 Å². The van der Waals surface area contributed by atoms with Crippen LogP contribution in [0.4, 0.5) is 10.1 Å². The van der Waals surface area contributed by atoms with E-state index in [1.807, 2.05) is 54.6 Å². The molecule has 2 aliphatic rings. The lowest BCUT2D eigenvalue weighted by Crippen LogP contribution is -2.45. The van der Waals surface area contributed by atoms with Crippen LogP contribution in [0.25, 0.3) is 33.3 Å². The molecule has 2 aliphatic heterocycles. The Kier molecular flexibility index (Phi) is 5.76. The molecule has 3 aromatic heterocycles. The maximum Gasteiger partial charge on any atom is 0.291 e. The van der Waals surface area contributed by atoms with Crippen molar-refractivity contribution in [2.45, 2.75) is 19.9 Å². The van der Waals surface area contributed by atoms with Gasteiger partial charge in [-0.1, -0.05) is 41.2 Å². The second-order valence-electron chi connectivity index (χ2n) is 10.6. The van der Waals surface area contributed by atoms with E-state index >= 15 is 4.39 Å². The Balaban J connectivity index is 1.37. The molecule has 9 nitrogen and oxygen atoms in total. The summed E-state index contributed by atoms with van der Waals surface area (Å²) in [6, 6.07) is 9.08. The van der Waals surface area contributed by atoms with Crippen LogP contribution >= 0.6 is 11.3 Å². The highest BCUT2D eigenvalue weighted by Crippen LogP contribution is 2.42. The van der Waals surface area contributed by atoms with E-state index in [1.165, 1.54) is 21.9 Å². The van der Waals surface area contributed by atoms with Crippen LogP contribution in [0.15, 0.2) is 46.1 Å². The van der Waals surface area contributed by atoms with Gasteiger partial charge in [0.05, 0.1) is 27.0 Å². The van der Waals surface area contributed by atoms with Crippen LogP contribution in [0.5, 0.6) is 5.75 Å². The van der Waals surface area contributed by atoms with Gasteiger partial charge in [0.25, 0.3) is 5.56 Å². The normalized spacial score (nSPS) is 18.1. The predicted molar refractivity (Wildman–Crippen MR) is 154 cm³/mol. The van der Waals surface area contributed by atoms with Crippen LogP contribution in [-0.2, 0) is 0 Å². The van der Waals surface area contributed by atoms with Gasteiger partial charge in [0.2, 0.25) is 10.4 Å². The van der Waals surface area contributed by atoms with E-state index in [0.29, 0.717) is 46.1 Å². The number of hydrogen-bond donors (Lipinski definition) is 0. The maximum absolute atomic E-state index is 15.7. The van der Waals surface area contributed by atoms with Crippen molar-refractivity contribution < 1.29 is 9.13 Å². The van der Waals surface area contributed by atoms with Crippen molar-refractivity contribution in [2.75, 3.05) is 44.7 Å². The molecule has 7 rings (SSSR count). The molecule has 0 saturated carbocycles. The highest BCUT2D eigenvalue weighted by Gasteiger charge is 2.31. The summed E-state index contributed by atoms with van der Waals surface area (Å²) in [7, 11) is 2.04. The maximum atomic E-state index is 15.7. The molecule has 204 valence electrons. The van der Waals surface area contributed by atoms with Gasteiger partial charge in [-0.25, -0.2) is 4.39 Å². The average molecular weight is 559 g/mol. The number of likely N-dealkylation sites (N-methyl/N-ethyl adjacent to an activating group) is 1. The van der Waals surface area contributed by atoms with Crippen LogP contribution in [0.2, 0.25) is 0 Å². The smallest absolute Gasteiger partial charge is 0.291 e. The fourth-order valence-corrected chi connectivity index (χ4v) is 6.37. The largest absolute Gasteiger partial charge is 0.487 e. The van der Waals surface area contributed by atoms with Gasteiger partial charge in [-0.05, 0) is 38.6 Å². The van der Waals surface area contributed by atoms with Gasteiger partial charge in [-0.2, -0.15) is 9.50 Å². The molecule has 2 aromatic carbocycles. The number of aryl methyl sites for hydroxylation is 1. The van der Waals surface area contributed by atoms with Crippen molar-refractivity contribution in [3.05, 3.63) is 78.6 Å². The number of aromatic nitrogens is 4. The van der Waals surface area contributed by atoms with Crippen LogP contribution < -0.4 is 25.2 Å². The molecule has 0 amide bonds. The Bertz CT molecular complexity index is 1970. The third-order valence-electron chi connectivity index (χ3n) is 7.76. The minimum atomic E-state index is -0.487. The summed E-state index contributed by atoms with van der Waals surface area (Å²) in [6.45, 7) is 7.29. The van der Waals surface area contributed by atoms with Crippen molar-refractivity contribution in [3.63, 3.8) is 0 Å². The average Bonchev–Trinajstić information content (AvgIpc) is 3.48. The summed E-state index contributed by atoms with van der Waals surface area (Å²) < 4.78 is 25.4. The van der Waals surface area contributed by atoms with Crippen molar-refractivity contribution >= 4 is 39.0 Å². The van der Waals surface area contributed by atoms with E-state index in [0.717, 1.165) is 24.2 Å². The van der Waals surface area contributed by atoms with Gasteiger partial charge in [-0.15, -0.1) is 5.10 Å². The van der Waals surface area contributed by atoms with Gasteiger partial charge in [-0.3, -0.25) is 9.59 Å². The number of piperazine rings is 1. The van der Waals surface area contributed by atoms with E-state index in [-0.39, 0.29) is 28.4 Å². The number of benzene rings is 2. The molecule has 5 heterocycles. The Morgan fingerprint density at radius 3 is 2.60 bits per heavy atom. The zero-order valence-electron chi connectivity index (χ0n) is 22.3. The molecule has 0 N–H and O–H groups in total. The molecule has 0 aliphatic carbocycles. The highest BCUT2D eigenvalue weighted by molar-refractivity contribution is 7.15. The lowest BCUT2D eigenvalue weighted by molar-refractivity contribution is 0.245. The molecule has 1 fully saturated rings. The molecule has 0 radical (unpaired) electrons. The topological polar surface area (TPSA) is 85.0 Å². The number of halogens is 1. The monoisotopic (exact) mass is 558 g/mol. The lowest BCUT2D eigenvalue weighted by atomic mass is 10.0. The van der Waals surface area contributed by atoms with Crippen LogP contribution in [0.3, 0.4) is 0 Å². The van der Waals surface area contributed by atoms with Gasteiger partial charge in [0, 0.05) is 32.4 Å². The van der Waals surface area contributed by atoms with E-state index in [4.69, 9.17) is 4.74 Å². The predicted octanol–water partition coefficient (Wildman–Crippen LogP) is 2.83. The number of fused-ring (bicyclic) bond motifs is 1. The first kappa shape index (κ1) is 24.9. The van der Waals surface area contributed by atoms with Crippen LogP contribution in [-0.4, -0.2) is 63.9 Å². The second kappa shape index (κ2) is 9.24. The Labute approximate surface area is 232 Å². The quantitative estimate of drug-likeness (QED) is 0.337. The third-order valence-corrected chi connectivity index (χ3v) is 8.72. The highest BCUT2D eigenvalue weighted by atomic mass is 32.1. The Morgan fingerprint density at radius 2 is 1.88 bits per heavy atom. The number of pyridine rings is 1. The molecular formula is C29H27FN6O3S. The zero-order valence-corrected chi connectivity index (χ0v) is 23.2. The van der Waals surface area contributed by atoms with Gasteiger partial charge >= 0.3 is 0 Å². The molecular weight excluding hydrogens is 531 g/mol. The molecule has 0 spiro atoms. The van der Waals surface area contributed by atoms with Gasteiger partial charge in [0.15, 0.2) is 17.4 Å². The second-order valence-corrected chi connectivity index (χ2v) is 11.6. The third kappa shape index (κ3) is 3.91. The number of thiazole rings is 1. The lowest BCUT2D eigenvalue weighted by Gasteiger charge is -2.37. The molecule has 0 bridgehead atoms. The Morgan fingerprint density at radius 1 is 1.12 bits per heavy atom. The van der Waals surface area contributed by atoms with Crippen LogP contribution in [0.1, 0.15) is 24.1 Å². The minimum Gasteiger partial charge on any atom is -0.487 e. The fraction of sp³-hybridized carbons (Fsp3) is 0.310. The van der Waals surface area contributed by atoms with Crippen molar-refractivity contribution in [2.24, 2.45) is 0 Å². The molecule has 1 saturated heterocycles. The first-order valence-corrected chi connectivity index (χ1v) is 14.1. The molecule has 1 atom stereocenters. The van der Waals surface area contributed by atoms with Gasteiger partial charge in [0.1, 0.15) is 12.3 Å². The first-order valence-electron chi connectivity index (χ1n) is 13.2. The van der Waals surface area contributed by atoms with Crippen molar-refractivity contribution in [3.8, 4) is 17.1 Å². The summed E-state index contributed by atoms with van der Waals surface area (Å²) >= 11 is 1.22. The summed E-state index contributed by atoms with van der Waals surface area (Å²) in [5.74, 6) is 0.0576. The number of hydrogen-bond acceptors (Lipinski definition) is 8. The summed E-state index contributed by atoms with van der Waals surface area (Å²) in [5, 5.41) is 4.63. The Hall–Kier alpha value is -4.09. The summed E-state index contributed by atoms with van der Waals surface area (Å²) in [5.41, 5.74) is 2.55. The van der Waals surface area contributed by atoms with Gasteiger partial charge < -0.3 is 19.1 Å². The van der Waals surface area contributed by atoms with E-state index in [2.05, 4.69) is 15.0 Å². The zero-order chi connectivity index (χ0) is 27.7. The number of anilines is 1. The fourth-order valence-electron chi connectivity index (χ4n) is 5.46. The number of nitrogens with zero attached hydrogens (tertiary/aromatic N) is 6. The molecule has 5 aromatic rings. The SMILES string of the molecule is Cc1ccc(/C=c2/sc3nc(-c4cn5c6c(c(N7CCN(C)CC7)c(F)cc6c4=O)OCC5C)nn3c2=O)cc1.